The van der Waals surface area contributed by atoms with E-state index in [9.17, 15) is 0 Å². The number of hydrogen-bond acceptors (Lipinski definition) is 6. The second-order valence-electron chi connectivity index (χ2n) is 5.76. The van der Waals surface area contributed by atoms with Gasteiger partial charge >= 0.3 is 0 Å². The molecule has 22 heavy (non-hydrogen) atoms. The van der Waals surface area contributed by atoms with Crippen molar-refractivity contribution in [3.63, 3.8) is 0 Å². The van der Waals surface area contributed by atoms with Crippen molar-refractivity contribution in [1.29, 1.82) is 0 Å². The number of ether oxygens (including phenoxy) is 2. The van der Waals surface area contributed by atoms with Crippen LogP contribution in [0.4, 0.5) is 5.82 Å². The van der Waals surface area contributed by atoms with Crippen LogP contribution in [-0.2, 0) is 16.5 Å². The van der Waals surface area contributed by atoms with Crippen molar-refractivity contribution in [3.05, 3.63) is 24.8 Å². The SMILES string of the molecule is Cn1cc(-c2cncc(N3CCC4(CC3)OCCO4)n2)cn1. The first-order valence-corrected chi connectivity index (χ1v) is 7.58. The van der Waals surface area contributed by atoms with Gasteiger partial charge in [0.1, 0.15) is 5.82 Å². The third kappa shape index (κ3) is 2.46. The molecule has 0 unspecified atom stereocenters. The second kappa shape index (κ2) is 5.33. The molecule has 1 spiro atoms. The van der Waals surface area contributed by atoms with E-state index in [0.717, 1.165) is 43.0 Å². The molecule has 0 saturated carbocycles. The van der Waals surface area contributed by atoms with Gasteiger partial charge in [0, 0.05) is 44.7 Å². The van der Waals surface area contributed by atoms with Gasteiger partial charge in [-0.2, -0.15) is 5.10 Å². The Balaban J connectivity index is 1.51. The van der Waals surface area contributed by atoms with Gasteiger partial charge < -0.3 is 14.4 Å². The Morgan fingerprint density at radius 3 is 2.55 bits per heavy atom. The third-order valence-corrected chi connectivity index (χ3v) is 4.29. The predicted molar refractivity (Wildman–Crippen MR) is 80.3 cm³/mol. The maximum atomic E-state index is 5.77. The Hall–Kier alpha value is -1.99. The molecule has 2 aliphatic rings. The molecule has 2 aromatic rings. The molecule has 7 nitrogen and oxygen atoms in total. The van der Waals surface area contributed by atoms with E-state index in [1.165, 1.54) is 0 Å². The summed E-state index contributed by atoms with van der Waals surface area (Å²) in [6, 6.07) is 0. The second-order valence-corrected chi connectivity index (χ2v) is 5.76. The number of hydrogen-bond donors (Lipinski definition) is 0. The average molecular weight is 301 g/mol. The van der Waals surface area contributed by atoms with Crippen LogP contribution in [0, 0.1) is 0 Å². The zero-order valence-corrected chi connectivity index (χ0v) is 12.6. The summed E-state index contributed by atoms with van der Waals surface area (Å²) in [5.74, 6) is 0.541. The number of aromatic nitrogens is 4. The highest BCUT2D eigenvalue weighted by molar-refractivity contribution is 5.58. The van der Waals surface area contributed by atoms with Gasteiger partial charge in [0.25, 0.3) is 0 Å². The van der Waals surface area contributed by atoms with Gasteiger partial charge in [0.15, 0.2) is 5.79 Å². The Morgan fingerprint density at radius 1 is 1.09 bits per heavy atom. The number of piperidine rings is 1. The highest BCUT2D eigenvalue weighted by atomic mass is 16.7. The molecule has 2 aliphatic heterocycles. The minimum atomic E-state index is -0.356. The van der Waals surface area contributed by atoms with Gasteiger partial charge in [-0.15, -0.1) is 0 Å². The Morgan fingerprint density at radius 2 is 1.86 bits per heavy atom. The first kappa shape index (κ1) is 13.7. The lowest BCUT2D eigenvalue weighted by molar-refractivity contribution is -0.169. The zero-order valence-electron chi connectivity index (χ0n) is 12.6. The van der Waals surface area contributed by atoms with Crippen molar-refractivity contribution >= 4 is 5.82 Å². The van der Waals surface area contributed by atoms with E-state index in [0.29, 0.717) is 13.2 Å². The highest BCUT2D eigenvalue weighted by Gasteiger charge is 2.40. The molecule has 0 N–H and O–H groups in total. The molecule has 0 aliphatic carbocycles. The summed E-state index contributed by atoms with van der Waals surface area (Å²) in [5, 5.41) is 4.19. The molecule has 0 aromatic carbocycles. The molecule has 2 aromatic heterocycles. The van der Waals surface area contributed by atoms with Crippen molar-refractivity contribution in [3.8, 4) is 11.3 Å². The van der Waals surface area contributed by atoms with E-state index in [2.05, 4.69) is 15.0 Å². The smallest absolute Gasteiger partial charge is 0.171 e. The van der Waals surface area contributed by atoms with Crippen molar-refractivity contribution in [2.24, 2.45) is 7.05 Å². The first-order chi connectivity index (χ1) is 10.7. The van der Waals surface area contributed by atoms with Gasteiger partial charge in [-0.05, 0) is 0 Å². The predicted octanol–water partition coefficient (Wildman–Crippen LogP) is 1.22. The van der Waals surface area contributed by atoms with Crippen molar-refractivity contribution in [1.82, 2.24) is 19.7 Å². The Bertz CT molecular complexity index is 655. The van der Waals surface area contributed by atoms with E-state index in [1.807, 2.05) is 19.4 Å². The van der Waals surface area contributed by atoms with Gasteiger partial charge in [-0.25, -0.2) is 4.98 Å². The van der Waals surface area contributed by atoms with Crippen LogP contribution < -0.4 is 4.90 Å². The molecular formula is C15H19N5O2. The van der Waals surface area contributed by atoms with Crippen LogP contribution in [0.1, 0.15) is 12.8 Å². The summed E-state index contributed by atoms with van der Waals surface area (Å²) < 4.78 is 13.3. The lowest BCUT2D eigenvalue weighted by Gasteiger charge is -2.38. The van der Waals surface area contributed by atoms with Crippen molar-refractivity contribution in [2.45, 2.75) is 18.6 Å². The topological polar surface area (TPSA) is 65.3 Å². The minimum absolute atomic E-state index is 0.356. The third-order valence-electron chi connectivity index (χ3n) is 4.29. The molecule has 116 valence electrons. The van der Waals surface area contributed by atoms with E-state index >= 15 is 0 Å². The molecule has 7 heteroatoms. The lowest BCUT2D eigenvalue weighted by Crippen LogP contribution is -2.45. The Kier molecular flexibility index (Phi) is 3.31. The van der Waals surface area contributed by atoms with Gasteiger partial charge in [0.2, 0.25) is 0 Å². The van der Waals surface area contributed by atoms with E-state index < -0.39 is 0 Å². The van der Waals surface area contributed by atoms with Crippen LogP contribution in [0.15, 0.2) is 24.8 Å². The summed E-state index contributed by atoms with van der Waals surface area (Å²) in [5.41, 5.74) is 1.83. The zero-order chi connectivity index (χ0) is 15.0. The lowest BCUT2D eigenvalue weighted by atomic mass is 10.0. The van der Waals surface area contributed by atoms with Gasteiger partial charge in [-0.3, -0.25) is 9.67 Å². The normalized spacial score (nSPS) is 20.7. The fourth-order valence-electron chi connectivity index (χ4n) is 3.06. The van der Waals surface area contributed by atoms with E-state index in [1.54, 1.807) is 17.1 Å². The molecule has 0 amide bonds. The van der Waals surface area contributed by atoms with E-state index in [-0.39, 0.29) is 5.79 Å². The molecule has 2 fully saturated rings. The Labute approximate surface area is 128 Å². The minimum Gasteiger partial charge on any atom is -0.355 e. The molecule has 4 heterocycles. The van der Waals surface area contributed by atoms with Crippen molar-refractivity contribution in [2.75, 3.05) is 31.2 Å². The summed E-state index contributed by atoms with van der Waals surface area (Å²) in [7, 11) is 1.90. The van der Waals surface area contributed by atoms with Crippen LogP contribution in [-0.4, -0.2) is 51.8 Å². The largest absolute Gasteiger partial charge is 0.355 e. The number of nitrogens with zero attached hydrogens (tertiary/aromatic N) is 5. The van der Waals surface area contributed by atoms with Crippen LogP contribution in [0.3, 0.4) is 0 Å². The molecule has 0 radical (unpaired) electrons. The maximum Gasteiger partial charge on any atom is 0.171 e. The monoisotopic (exact) mass is 301 g/mol. The van der Waals surface area contributed by atoms with Crippen LogP contribution >= 0.6 is 0 Å². The fourth-order valence-corrected chi connectivity index (χ4v) is 3.06. The molecule has 0 atom stereocenters. The molecular weight excluding hydrogens is 282 g/mol. The molecule has 2 saturated heterocycles. The summed E-state index contributed by atoms with van der Waals surface area (Å²) >= 11 is 0. The summed E-state index contributed by atoms with van der Waals surface area (Å²) in [6.45, 7) is 3.14. The first-order valence-electron chi connectivity index (χ1n) is 7.58. The number of aryl methyl sites for hydroxylation is 1. The van der Waals surface area contributed by atoms with Gasteiger partial charge in [0.05, 0.1) is 37.5 Å². The van der Waals surface area contributed by atoms with Crippen LogP contribution in [0.2, 0.25) is 0 Å². The standard InChI is InChI=1S/C15H19N5O2/c1-19-11-12(8-17-19)13-9-16-10-14(18-13)20-4-2-15(3-5-20)21-6-7-22-15/h8-11H,2-7H2,1H3. The average Bonchev–Trinajstić information content (AvgIpc) is 3.18. The quantitative estimate of drug-likeness (QED) is 0.831. The maximum absolute atomic E-state index is 5.77. The number of anilines is 1. The van der Waals surface area contributed by atoms with Gasteiger partial charge in [-0.1, -0.05) is 0 Å². The van der Waals surface area contributed by atoms with Crippen LogP contribution in [0.25, 0.3) is 11.3 Å². The number of rotatable bonds is 2. The van der Waals surface area contributed by atoms with E-state index in [4.69, 9.17) is 14.5 Å². The molecule has 4 rings (SSSR count). The van der Waals surface area contributed by atoms with Crippen LogP contribution in [0.5, 0.6) is 0 Å². The molecule has 0 bridgehead atoms. The van der Waals surface area contributed by atoms with Crippen molar-refractivity contribution < 1.29 is 9.47 Å². The summed E-state index contributed by atoms with van der Waals surface area (Å²) in [6.07, 6.45) is 9.07. The highest BCUT2D eigenvalue weighted by Crippen LogP contribution is 2.32. The fraction of sp³-hybridized carbons (Fsp3) is 0.533. The summed E-state index contributed by atoms with van der Waals surface area (Å²) in [4.78, 5) is 11.3.